The van der Waals surface area contributed by atoms with E-state index in [1.54, 1.807) is 20.2 Å². The van der Waals surface area contributed by atoms with Gasteiger partial charge in [-0.1, -0.05) is 18.2 Å². The Balaban J connectivity index is 2.37. The molecule has 0 heterocycles. The number of nitrogens with zero attached hydrogens (tertiary/aromatic N) is 1. The van der Waals surface area contributed by atoms with Crippen LogP contribution in [0.1, 0.15) is 12.0 Å². The second-order valence-electron chi connectivity index (χ2n) is 4.82. The van der Waals surface area contributed by atoms with Crippen molar-refractivity contribution in [2.75, 3.05) is 39.6 Å². The van der Waals surface area contributed by atoms with Gasteiger partial charge in [-0.3, -0.25) is 9.59 Å². The Bertz CT molecular complexity index is 477. The summed E-state index contributed by atoms with van der Waals surface area (Å²) in [5.74, 6) is -0.317. The van der Waals surface area contributed by atoms with Crippen LogP contribution in [0.3, 0.4) is 0 Å². The zero-order valence-corrected chi connectivity index (χ0v) is 12.6. The van der Waals surface area contributed by atoms with Crippen molar-refractivity contribution in [1.82, 2.24) is 10.2 Å². The highest BCUT2D eigenvalue weighted by atomic mass is 16.5. The third-order valence-electron chi connectivity index (χ3n) is 3.05. The minimum Gasteiger partial charge on any atom is -0.398 e. The molecule has 116 valence electrons. The van der Waals surface area contributed by atoms with E-state index in [-0.39, 0.29) is 24.8 Å². The number of nitrogens with one attached hydrogen (secondary N) is 1. The summed E-state index contributed by atoms with van der Waals surface area (Å²) in [5.41, 5.74) is 7.16. The second kappa shape index (κ2) is 8.97. The number of carbonyl (C=O) groups is 2. The van der Waals surface area contributed by atoms with Gasteiger partial charge in [0.25, 0.3) is 0 Å². The maximum atomic E-state index is 12.0. The molecule has 0 aliphatic carbocycles. The number of nitrogens with two attached hydrogens (primary N) is 1. The molecule has 6 heteroatoms. The summed E-state index contributed by atoms with van der Waals surface area (Å²) in [6.45, 7) is 1.18. The molecule has 21 heavy (non-hydrogen) atoms. The van der Waals surface area contributed by atoms with Crippen LogP contribution in [0.15, 0.2) is 24.3 Å². The first-order valence-corrected chi connectivity index (χ1v) is 6.87. The summed E-state index contributed by atoms with van der Waals surface area (Å²) in [6.07, 6.45) is 0.945. The standard InChI is InChI=1S/C15H23N3O3/c1-18(11-14(19)17-8-5-9-21-2)15(20)10-12-6-3-4-7-13(12)16/h3-4,6-7H,5,8-11,16H2,1-2H3,(H,17,19). The summed E-state index contributed by atoms with van der Waals surface area (Å²) < 4.78 is 4.89. The van der Waals surface area contributed by atoms with E-state index in [2.05, 4.69) is 5.32 Å². The molecule has 0 saturated carbocycles. The van der Waals surface area contributed by atoms with Gasteiger partial charge in [0.1, 0.15) is 0 Å². The highest BCUT2D eigenvalue weighted by molar-refractivity contribution is 5.86. The van der Waals surface area contributed by atoms with E-state index in [4.69, 9.17) is 10.5 Å². The SMILES string of the molecule is COCCCNC(=O)CN(C)C(=O)Cc1ccccc1N. The van der Waals surface area contributed by atoms with Crippen LogP contribution >= 0.6 is 0 Å². The van der Waals surface area contributed by atoms with E-state index >= 15 is 0 Å². The summed E-state index contributed by atoms with van der Waals surface area (Å²) in [4.78, 5) is 25.1. The lowest BCUT2D eigenvalue weighted by Crippen LogP contribution is -2.39. The maximum absolute atomic E-state index is 12.0. The number of hydrogen-bond acceptors (Lipinski definition) is 4. The summed E-state index contributed by atoms with van der Waals surface area (Å²) in [5, 5.41) is 2.74. The third-order valence-corrected chi connectivity index (χ3v) is 3.05. The molecule has 1 aromatic rings. The molecule has 0 saturated heterocycles. The second-order valence-corrected chi connectivity index (χ2v) is 4.82. The molecular weight excluding hydrogens is 270 g/mol. The number of para-hydroxylation sites is 1. The molecule has 0 radical (unpaired) electrons. The van der Waals surface area contributed by atoms with Gasteiger partial charge < -0.3 is 20.7 Å². The number of amides is 2. The zero-order chi connectivity index (χ0) is 15.7. The van der Waals surface area contributed by atoms with E-state index < -0.39 is 0 Å². The number of likely N-dealkylation sites (N-methyl/N-ethyl adjacent to an activating group) is 1. The van der Waals surface area contributed by atoms with Crippen molar-refractivity contribution in [2.45, 2.75) is 12.8 Å². The maximum Gasteiger partial charge on any atom is 0.239 e. The van der Waals surface area contributed by atoms with Crippen LogP contribution in [0.2, 0.25) is 0 Å². The van der Waals surface area contributed by atoms with Crippen LogP contribution < -0.4 is 11.1 Å². The van der Waals surface area contributed by atoms with Gasteiger partial charge in [0.15, 0.2) is 0 Å². The molecule has 0 aromatic heterocycles. The quantitative estimate of drug-likeness (QED) is 0.537. The van der Waals surface area contributed by atoms with Gasteiger partial charge in [-0.25, -0.2) is 0 Å². The molecule has 0 spiro atoms. The van der Waals surface area contributed by atoms with E-state index in [9.17, 15) is 9.59 Å². The van der Waals surface area contributed by atoms with Gasteiger partial charge in [0.05, 0.1) is 13.0 Å². The van der Waals surface area contributed by atoms with Gasteiger partial charge in [-0.2, -0.15) is 0 Å². The Morgan fingerprint density at radius 1 is 1.33 bits per heavy atom. The van der Waals surface area contributed by atoms with Crippen molar-refractivity contribution in [2.24, 2.45) is 0 Å². The Labute approximate surface area is 125 Å². The van der Waals surface area contributed by atoms with E-state index in [0.29, 0.717) is 18.8 Å². The van der Waals surface area contributed by atoms with Gasteiger partial charge in [0, 0.05) is 33.0 Å². The first-order chi connectivity index (χ1) is 10.0. The molecule has 1 aromatic carbocycles. The number of methoxy groups -OCH3 is 1. The molecule has 0 aliphatic rings. The van der Waals surface area contributed by atoms with E-state index in [1.165, 1.54) is 4.90 Å². The molecule has 0 fully saturated rings. The Morgan fingerprint density at radius 2 is 2.05 bits per heavy atom. The van der Waals surface area contributed by atoms with Crippen LogP contribution in [-0.4, -0.2) is 50.6 Å². The van der Waals surface area contributed by atoms with Crippen molar-refractivity contribution in [3.05, 3.63) is 29.8 Å². The molecule has 2 amide bonds. The number of rotatable bonds is 8. The lowest BCUT2D eigenvalue weighted by molar-refractivity contribution is -0.134. The van der Waals surface area contributed by atoms with Crippen molar-refractivity contribution in [3.8, 4) is 0 Å². The lowest BCUT2D eigenvalue weighted by Gasteiger charge is -2.17. The molecule has 6 nitrogen and oxygen atoms in total. The van der Waals surface area contributed by atoms with Crippen molar-refractivity contribution in [1.29, 1.82) is 0 Å². The average Bonchev–Trinajstić information content (AvgIpc) is 2.46. The first-order valence-electron chi connectivity index (χ1n) is 6.87. The number of hydrogen-bond donors (Lipinski definition) is 2. The van der Waals surface area contributed by atoms with Crippen molar-refractivity contribution < 1.29 is 14.3 Å². The summed E-state index contributed by atoms with van der Waals surface area (Å²) >= 11 is 0. The average molecular weight is 293 g/mol. The number of carbonyl (C=O) groups excluding carboxylic acids is 2. The van der Waals surface area contributed by atoms with E-state index in [0.717, 1.165) is 12.0 Å². The smallest absolute Gasteiger partial charge is 0.239 e. The summed E-state index contributed by atoms with van der Waals surface area (Å²) in [7, 11) is 3.22. The van der Waals surface area contributed by atoms with Crippen LogP contribution in [0.25, 0.3) is 0 Å². The van der Waals surface area contributed by atoms with Crippen molar-refractivity contribution in [3.63, 3.8) is 0 Å². The lowest BCUT2D eigenvalue weighted by atomic mass is 10.1. The van der Waals surface area contributed by atoms with Crippen LogP contribution in [0.4, 0.5) is 5.69 Å². The number of anilines is 1. The van der Waals surface area contributed by atoms with Gasteiger partial charge >= 0.3 is 0 Å². The monoisotopic (exact) mass is 293 g/mol. The fraction of sp³-hybridized carbons (Fsp3) is 0.467. The minimum atomic E-state index is -0.178. The first kappa shape index (κ1) is 17.0. The minimum absolute atomic E-state index is 0.0402. The predicted octanol–water partition coefficient (Wildman–Crippen LogP) is 0.422. The fourth-order valence-electron chi connectivity index (χ4n) is 1.80. The van der Waals surface area contributed by atoms with Gasteiger partial charge in [-0.15, -0.1) is 0 Å². The molecule has 0 atom stereocenters. The highest BCUT2D eigenvalue weighted by Crippen LogP contribution is 2.11. The number of ether oxygens (including phenoxy) is 1. The number of nitrogen functional groups attached to an aromatic ring is 1. The topological polar surface area (TPSA) is 84.7 Å². The predicted molar refractivity (Wildman–Crippen MR) is 81.7 cm³/mol. The molecule has 0 aliphatic heterocycles. The van der Waals surface area contributed by atoms with Crippen LogP contribution in [0.5, 0.6) is 0 Å². The van der Waals surface area contributed by atoms with Gasteiger partial charge in [0.2, 0.25) is 11.8 Å². The molecule has 0 bridgehead atoms. The highest BCUT2D eigenvalue weighted by Gasteiger charge is 2.14. The Hall–Kier alpha value is -2.08. The Morgan fingerprint density at radius 3 is 2.71 bits per heavy atom. The van der Waals surface area contributed by atoms with Crippen LogP contribution in [-0.2, 0) is 20.7 Å². The van der Waals surface area contributed by atoms with Crippen LogP contribution in [0, 0.1) is 0 Å². The van der Waals surface area contributed by atoms with E-state index in [1.807, 2.05) is 18.2 Å². The molecular formula is C15H23N3O3. The molecule has 1 rings (SSSR count). The molecule has 3 N–H and O–H groups in total. The largest absolute Gasteiger partial charge is 0.398 e. The fourth-order valence-corrected chi connectivity index (χ4v) is 1.80. The summed E-state index contributed by atoms with van der Waals surface area (Å²) in [6, 6.07) is 7.22. The number of benzene rings is 1. The third kappa shape index (κ3) is 6.27. The van der Waals surface area contributed by atoms with Gasteiger partial charge in [-0.05, 0) is 18.1 Å². The normalized spacial score (nSPS) is 10.2. The zero-order valence-electron chi connectivity index (χ0n) is 12.6. The Kier molecular flexibility index (Phi) is 7.25. The molecule has 0 unspecified atom stereocenters. The van der Waals surface area contributed by atoms with Crippen molar-refractivity contribution >= 4 is 17.5 Å².